The van der Waals surface area contributed by atoms with Crippen LogP contribution in [0, 0.1) is 5.92 Å². The highest BCUT2D eigenvalue weighted by atomic mass is 16.1. The van der Waals surface area contributed by atoms with Crippen molar-refractivity contribution in [3.63, 3.8) is 0 Å². The van der Waals surface area contributed by atoms with Crippen molar-refractivity contribution in [3.8, 4) is 0 Å². The summed E-state index contributed by atoms with van der Waals surface area (Å²) in [6.45, 7) is 6.81. The van der Waals surface area contributed by atoms with Crippen LogP contribution in [0.25, 0.3) is 0 Å². The summed E-state index contributed by atoms with van der Waals surface area (Å²) in [7, 11) is 0. The number of anilines is 2. The molecule has 1 saturated heterocycles. The molecule has 3 N–H and O–H groups in total. The summed E-state index contributed by atoms with van der Waals surface area (Å²) >= 11 is 0. The lowest BCUT2D eigenvalue weighted by atomic mass is 9.93. The maximum atomic E-state index is 11.0. The number of aryl methyl sites for hydroxylation is 1. The number of hydrogen-bond acceptors (Lipinski definition) is 5. The number of carbonyl (C=O) groups excluding carboxylic acids is 1. The van der Waals surface area contributed by atoms with E-state index in [1.165, 1.54) is 0 Å². The SMILES string of the molecule is CCNc1cc(N2CCC(CC(N)=O)CC2)nc(CC)n1. The molecule has 21 heavy (non-hydrogen) atoms. The Balaban J connectivity index is 2.05. The molecule has 116 valence electrons. The van der Waals surface area contributed by atoms with Gasteiger partial charge in [-0.25, -0.2) is 9.97 Å². The van der Waals surface area contributed by atoms with E-state index in [1.807, 2.05) is 6.07 Å². The molecule has 0 aliphatic carbocycles. The third-order valence-electron chi connectivity index (χ3n) is 3.86. The van der Waals surface area contributed by atoms with Crippen LogP contribution in [0.15, 0.2) is 6.07 Å². The summed E-state index contributed by atoms with van der Waals surface area (Å²) in [5.41, 5.74) is 5.28. The zero-order chi connectivity index (χ0) is 15.2. The van der Waals surface area contributed by atoms with Gasteiger partial charge in [0.1, 0.15) is 17.5 Å². The van der Waals surface area contributed by atoms with Crippen LogP contribution in [0.1, 0.15) is 38.9 Å². The minimum absolute atomic E-state index is 0.196. The second-order valence-corrected chi connectivity index (χ2v) is 5.51. The van der Waals surface area contributed by atoms with Gasteiger partial charge in [-0.3, -0.25) is 4.79 Å². The average molecular weight is 291 g/mol. The van der Waals surface area contributed by atoms with E-state index >= 15 is 0 Å². The average Bonchev–Trinajstić information content (AvgIpc) is 2.47. The van der Waals surface area contributed by atoms with Crippen molar-refractivity contribution >= 4 is 17.5 Å². The molecule has 1 amide bonds. The van der Waals surface area contributed by atoms with Crippen molar-refractivity contribution in [1.82, 2.24) is 9.97 Å². The molecule has 2 heterocycles. The molecule has 6 nitrogen and oxygen atoms in total. The van der Waals surface area contributed by atoms with Crippen LogP contribution < -0.4 is 16.0 Å². The second kappa shape index (κ2) is 7.24. The van der Waals surface area contributed by atoms with E-state index in [-0.39, 0.29) is 5.91 Å². The zero-order valence-corrected chi connectivity index (χ0v) is 12.9. The van der Waals surface area contributed by atoms with Gasteiger partial charge in [0, 0.05) is 38.5 Å². The molecule has 0 radical (unpaired) electrons. The molecule has 1 aromatic rings. The minimum Gasteiger partial charge on any atom is -0.370 e. The molecule has 1 aliphatic heterocycles. The molecule has 0 bridgehead atoms. The van der Waals surface area contributed by atoms with Gasteiger partial charge in [0.25, 0.3) is 0 Å². The van der Waals surface area contributed by atoms with E-state index in [4.69, 9.17) is 5.73 Å². The van der Waals surface area contributed by atoms with Gasteiger partial charge in [0.05, 0.1) is 0 Å². The lowest BCUT2D eigenvalue weighted by Gasteiger charge is -2.32. The standard InChI is InChI=1S/C15H25N5O/c1-3-13-18-14(17-4-2)10-15(19-13)20-7-5-11(6-8-20)9-12(16)21/h10-11H,3-9H2,1-2H3,(H2,16,21)(H,17,18,19). The molecular weight excluding hydrogens is 266 g/mol. The van der Waals surface area contributed by atoms with Gasteiger partial charge in [0.15, 0.2) is 0 Å². The molecule has 2 rings (SSSR count). The van der Waals surface area contributed by atoms with Crippen LogP contribution in [0.4, 0.5) is 11.6 Å². The first-order valence-corrected chi connectivity index (χ1v) is 7.77. The van der Waals surface area contributed by atoms with Gasteiger partial charge < -0.3 is 16.0 Å². The van der Waals surface area contributed by atoms with E-state index in [0.717, 1.165) is 56.4 Å². The number of nitrogens with one attached hydrogen (secondary N) is 1. The van der Waals surface area contributed by atoms with E-state index in [0.29, 0.717) is 12.3 Å². The van der Waals surface area contributed by atoms with Gasteiger partial charge in [-0.1, -0.05) is 6.92 Å². The van der Waals surface area contributed by atoms with Crippen LogP contribution in [-0.2, 0) is 11.2 Å². The molecule has 1 aromatic heterocycles. The fourth-order valence-electron chi connectivity index (χ4n) is 2.73. The Hall–Kier alpha value is -1.85. The van der Waals surface area contributed by atoms with Gasteiger partial charge in [-0.2, -0.15) is 0 Å². The molecule has 0 spiro atoms. The molecule has 0 unspecified atom stereocenters. The van der Waals surface area contributed by atoms with Crippen molar-refractivity contribution in [2.45, 2.75) is 39.5 Å². The highest BCUT2D eigenvalue weighted by Gasteiger charge is 2.22. The van der Waals surface area contributed by atoms with E-state index in [2.05, 4.69) is 34.0 Å². The highest BCUT2D eigenvalue weighted by molar-refractivity contribution is 5.74. The second-order valence-electron chi connectivity index (χ2n) is 5.51. The number of carbonyl (C=O) groups is 1. The molecule has 0 atom stereocenters. The summed E-state index contributed by atoms with van der Waals surface area (Å²) in [6, 6.07) is 2.01. The van der Waals surface area contributed by atoms with Crippen LogP contribution >= 0.6 is 0 Å². The third-order valence-corrected chi connectivity index (χ3v) is 3.86. The minimum atomic E-state index is -0.196. The van der Waals surface area contributed by atoms with Gasteiger partial charge in [0.2, 0.25) is 5.91 Å². The Kier molecular flexibility index (Phi) is 5.36. The topological polar surface area (TPSA) is 84.1 Å². The molecule has 0 aromatic carbocycles. The Morgan fingerprint density at radius 1 is 1.38 bits per heavy atom. The monoisotopic (exact) mass is 291 g/mol. The van der Waals surface area contributed by atoms with Crippen molar-refractivity contribution in [2.24, 2.45) is 11.7 Å². The molecule has 6 heteroatoms. The van der Waals surface area contributed by atoms with Crippen molar-refractivity contribution in [3.05, 3.63) is 11.9 Å². The number of nitrogens with zero attached hydrogens (tertiary/aromatic N) is 3. The van der Waals surface area contributed by atoms with Gasteiger partial charge in [-0.05, 0) is 25.7 Å². The Morgan fingerprint density at radius 2 is 2.10 bits per heavy atom. The number of hydrogen-bond donors (Lipinski definition) is 2. The maximum absolute atomic E-state index is 11.0. The first kappa shape index (κ1) is 15.5. The van der Waals surface area contributed by atoms with Crippen LogP contribution in [0.2, 0.25) is 0 Å². The first-order chi connectivity index (χ1) is 10.1. The number of piperidine rings is 1. The summed E-state index contributed by atoms with van der Waals surface area (Å²) in [6.07, 6.45) is 3.31. The number of aromatic nitrogens is 2. The predicted octanol–water partition coefficient (Wildman–Crippen LogP) is 1.56. The third kappa shape index (κ3) is 4.31. The number of primary amides is 1. The maximum Gasteiger partial charge on any atom is 0.217 e. The highest BCUT2D eigenvalue weighted by Crippen LogP contribution is 2.25. The number of nitrogens with two attached hydrogens (primary N) is 1. The summed E-state index contributed by atoms with van der Waals surface area (Å²) < 4.78 is 0. The number of rotatable bonds is 6. The Labute approximate surface area is 126 Å². The largest absolute Gasteiger partial charge is 0.370 e. The number of amides is 1. The van der Waals surface area contributed by atoms with E-state index in [9.17, 15) is 4.79 Å². The molecular formula is C15H25N5O. The molecule has 1 aliphatic rings. The summed E-state index contributed by atoms with van der Waals surface area (Å²) in [5.74, 6) is 2.95. The zero-order valence-electron chi connectivity index (χ0n) is 12.9. The van der Waals surface area contributed by atoms with Crippen molar-refractivity contribution in [2.75, 3.05) is 29.9 Å². The van der Waals surface area contributed by atoms with Gasteiger partial charge in [-0.15, -0.1) is 0 Å². The van der Waals surface area contributed by atoms with Crippen molar-refractivity contribution < 1.29 is 4.79 Å². The molecule has 1 fully saturated rings. The summed E-state index contributed by atoms with van der Waals surface area (Å²) in [4.78, 5) is 22.4. The van der Waals surface area contributed by atoms with Crippen LogP contribution in [0.3, 0.4) is 0 Å². The van der Waals surface area contributed by atoms with Crippen LogP contribution in [0.5, 0.6) is 0 Å². The fourth-order valence-corrected chi connectivity index (χ4v) is 2.73. The molecule has 0 saturated carbocycles. The quantitative estimate of drug-likeness (QED) is 0.831. The van der Waals surface area contributed by atoms with E-state index < -0.39 is 0 Å². The van der Waals surface area contributed by atoms with Crippen LogP contribution in [-0.4, -0.2) is 35.5 Å². The predicted molar refractivity (Wildman–Crippen MR) is 84.3 cm³/mol. The smallest absolute Gasteiger partial charge is 0.217 e. The lowest BCUT2D eigenvalue weighted by Crippen LogP contribution is -2.35. The summed E-state index contributed by atoms with van der Waals surface area (Å²) in [5, 5.41) is 3.26. The van der Waals surface area contributed by atoms with Crippen molar-refractivity contribution in [1.29, 1.82) is 0 Å². The Morgan fingerprint density at radius 3 is 2.67 bits per heavy atom. The normalized spacial score (nSPS) is 16.0. The van der Waals surface area contributed by atoms with E-state index in [1.54, 1.807) is 0 Å². The first-order valence-electron chi connectivity index (χ1n) is 7.77. The lowest BCUT2D eigenvalue weighted by molar-refractivity contribution is -0.119. The fraction of sp³-hybridized carbons (Fsp3) is 0.667. The van der Waals surface area contributed by atoms with Gasteiger partial charge >= 0.3 is 0 Å². The Bertz CT molecular complexity index is 483.